The fourth-order valence-electron chi connectivity index (χ4n) is 1.56. The van der Waals surface area contributed by atoms with Crippen molar-refractivity contribution < 1.29 is 0 Å². The molecule has 0 amide bonds. The molecule has 0 aliphatic heterocycles. The van der Waals surface area contributed by atoms with Crippen LogP contribution in [0.25, 0.3) is 11.0 Å². The largest absolute Gasteiger partial charge is 0.331 e. The Bertz CT molecular complexity index is 580. The number of imidazole rings is 1. The number of allylic oxidation sites excluding steroid dienone is 1. The molecule has 0 atom stereocenters. The number of rotatable bonds is 2. The molecule has 0 fully saturated rings. The average molecular weight is 283 g/mol. The van der Waals surface area contributed by atoms with Crippen LogP contribution in [0.2, 0.25) is 0 Å². The minimum Gasteiger partial charge on any atom is -0.331 e. The first kappa shape index (κ1) is 10.6. The molecule has 0 spiro atoms. The van der Waals surface area contributed by atoms with E-state index in [1.54, 1.807) is 0 Å². The van der Waals surface area contributed by atoms with Crippen LogP contribution in [0.3, 0.4) is 0 Å². The lowest BCUT2D eigenvalue weighted by Crippen LogP contribution is -1.97. The molecule has 2 aromatic rings. The van der Waals surface area contributed by atoms with Crippen molar-refractivity contribution in [3.63, 3.8) is 0 Å². The van der Waals surface area contributed by atoms with Crippen molar-refractivity contribution in [1.29, 1.82) is 0 Å². The Morgan fingerprint density at radius 1 is 1.60 bits per heavy atom. The average Bonchev–Trinajstić information content (AvgIpc) is 2.41. The van der Waals surface area contributed by atoms with Crippen LogP contribution < -0.4 is 0 Å². The molecule has 15 heavy (non-hydrogen) atoms. The van der Waals surface area contributed by atoms with Gasteiger partial charge in [-0.15, -0.1) is 0 Å². The summed E-state index contributed by atoms with van der Waals surface area (Å²) in [4.78, 5) is 3.18. The maximum Gasteiger partial charge on any atom is 0.178 e. The van der Waals surface area contributed by atoms with Crippen LogP contribution in [0.4, 0.5) is 0 Å². The first-order valence-corrected chi connectivity index (χ1v) is 5.80. The van der Waals surface area contributed by atoms with Crippen molar-refractivity contribution in [2.45, 2.75) is 13.5 Å². The molecule has 2 rings (SSSR count). The van der Waals surface area contributed by atoms with E-state index in [1.807, 2.05) is 19.1 Å². The van der Waals surface area contributed by atoms with Gasteiger partial charge in [-0.25, -0.2) is 0 Å². The molecule has 0 aliphatic rings. The third kappa shape index (κ3) is 2.06. The van der Waals surface area contributed by atoms with Crippen molar-refractivity contribution >= 4 is 39.2 Å². The van der Waals surface area contributed by atoms with Crippen molar-refractivity contribution in [3.8, 4) is 0 Å². The zero-order chi connectivity index (χ0) is 11.0. The highest BCUT2D eigenvalue weighted by Gasteiger charge is 2.04. The standard InChI is InChI=1S/C11H11BrN2S/c1-7(2)6-14-10-4-3-8(12)5-9(10)13-11(14)15/h3-5H,1,6H2,2H3,(H,13,15). The van der Waals surface area contributed by atoms with E-state index in [4.69, 9.17) is 12.2 Å². The minimum atomic E-state index is 0.742. The normalized spacial score (nSPS) is 10.8. The molecule has 1 N–H and O–H groups in total. The summed E-state index contributed by atoms with van der Waals surface area (Å²) in [6, 6.07) is 6.09. The Morgan fingerprint density at radius 3 is 3.00 bits per heavy atom. The summed E-state index contributed by atoms with van der Waals surface area (Å²) >= 11 is 8.70. The molecule has 0 bridgehead atoms. The Kier molecular flexibility index (Phi) is 2.80. The van der Waals surface area contributed by atoms with Crippen molar-refractivity contribution in [2.75, 3.05) is 0 Å². The number of aromatic amines is 1. The van der Waals surface area contributed by atoms with E-state index >= 15 is 0 Å². The molecule has 0 aliphatic carbocycles. The summed E-state index contributed by atoms with van der Waals surface area (Å²) in [7, 11) is 0. The fourth-order valence-corrected chi connectivity index (χ4v) is 2.20. The molecule has 4 heteroatoms. The molecule has 0 radical (unpaired) electrons. The maximum atomic E-state index is 5.27. The number of hydrogen-bond acceptors (Lipinski definition) is 1. The van der Waals surface area contributed by atoms with Crippen LogP contribution in [0.15, 0.2) is 34.8 Å². The van der Waals surface area contributed by atoms with Crippen LogP contribution in [0, 0.1) is 4.77 Å². The zero-order valence-corrected chi connectivity index (χ0v) is 10.8. The van der Waals surface area contributed by atoms with Gasteiger partial charge in [0.15, 0.2) is 4.77 Å². The van der Waals surface area contributed by atoms with Gasteiger partial charge in [-0.3, -0.25) is 0 Å². The molecule has 2 nitrogen and oxygen atoms in total. The molecule has 0 saturated heterocycles. The SMILES string of the molecule is C=C(C)Cn1c(=S)[nH]c2cc(Br)ccc21. The Hall–Kier alpha value is -0.870. The van der Waals surface area contributed by atoms with Gasteiger partial charge >= 0.3 is 0 Å². The van der Waals surface area contributed by atoms with E-state index in [1.165, 1.54) is 0 Å². The summed E-state index contributed by atoms with van der Waals surface area (Å²) in [6.45, 7) is 6.67. The Morgan fingerprint density at radius 2 is 2.33 bits per heavy atom. The zero-order valence-electron chi connectivity index (χ0n) is 8.38. The molecule has 1 aromatic heterocycles. The molecular formula is C11H11BrN2S. The number of H-pyrrole nitrogens is 1. The van der Waals surface area contributed by atoms with Gasteiger partial charge in [-0.05, 0) is 37.3 Å². The topological polar surface area (TPSA) is 20.7 Å². The monoisotopic (exact) mass is 282 g/mol. The van der Waals surface area contributed by atoms with Crippen LogP contribution in [0.1, 0.15) is 6.92 Å². The van der Waals surface area contributed by atoms with Gasteiger partial charge in [-0.1, -0.05) is 28.1 Å². The molecule has 0 saturated carbocycles. The third-order valence-electron chi connectivity index (χ3n) is 2.16. The molecule has 1 heterocycles. The number of nitrogens with zero attached hydrogens (tertiary/aromatic N) is 1. The highest BCUT2D eigenvalue weighted by molar-refractivity contribution is 9.10. The second kappa shape index (κ2) is 3.94. The summed E-state index contributed by atoms with van der Waals surface area (Å²) in [6.07, 6.45) is 0. The predicted molar refractivity (Wildman–Crippen MR) is 69.6 cm³/mol. The lowest BCUT2D eigenvalue weighted by molar-refractivity contribution is 0.798. The molecule has 0 unspecified atom stereocenters. The van der Waals surface area contributed by atoms with Crippen LogP contribution in [0.5, 0.6) is 0 Å². The van der Waals surface area contributed by atoms with Gasteiger partial charge in [0.2, 0.25) is 0 Å². The fraction of sp³-hybridized carbons (Fsp3) is 0.182. The molecule has 78 valence electrons. The van der Waals surface area contributed by atoms with Crippen molar-refractivity contribution in [3.05, 3.63) is 39.6 Å². The number of halogens is 1. The third-order valence-corrected chi connectivity index (χ3v) is 2.98. The van der Waals surface area contributed by atoms with E-state index in [9.17, 15) is 0 Å². The summed E-state index contributed by atoms with van der Waals surface area (Å²) in [5.74, 6) is 0. The molecular weight excluding hydrogens is 272 g/mol. The number of aromatic nitrogens is 2. The van der Waals surface area contributed by atoms with Gasteiger partial charge in [0.05, 0.1) is 11.0 Å². The quantitative estimate of drug-likeness (QED) is 0.651. The van der Waals surface area contributed by atoms with Gasteiger partial charge in [0.1, 0.15) is 0 Å². The lowest BCUT2D eigenvalue weighted by Gasteiger charge is -2.03. The molecule has 1 aromatic carbocycles. The van der Waals surface area contributed by atoms with Crippen LogP contribution in [-0.4, -0.2) is 9.55 Å². The lowest BCUT2D eigenvalue weighted by atomic mass is 10.3. The summed E-state index contributed by atoms with van der Waals surface area (Å²) in [5, 5.41) is 0. The minimum absolute atomic E-state index is 0.742. The summed E-state index contributed by atoms with van der Waals surface area (Å²) < 4.78 is 3.85. The second-order valence-electron chi connectivity index (χ2n) is 3.63. The van der Waals surface area contributed by atoms with Crippen LogP contribution >= 0.6 is 28.1 Å². The predicted octanol–water partition coefficient (Wildman–Crippen LogP) is 4.04. The Balaban J connectivity index is 2.68. The second-order valence-corrected chi connectivity index (χ2v) is 4.94. The van der Waals surface area contributed by atoms with Gasteiger partial charge in [0, 0.05) is 11.0 Å². The smallest absolute Gasteiger partial charge is 0.178 e. The van der Waals surface area contributed by atoms with E-state index in [2.05, 4.69) is 38.1 Å². The van der Waals surface area contributed by atoms with Crippen molar-refractivity contribution in [2.24, 2.45) is 0 Å². The highest BCUT2D eigenvalue weighted by Crippen LogP contribution is 2.20. The van der Waals surface area contributed by atoms with Crippen molar-refractivity contribution in [1.82, 2.24) is 9.55 Å². The first-order valence-electron chi connectivity index (χ1n) is 4.60. The van der Waals surface area contributed by atoms with Gasteiger partial charge in [0.25, 0.3) is 0 Å². The number of hydrogen-bond donors (Lipinski definition) is 1. The number of nitrogens with one attached hydrogen (secondary N) is 1. The van der Waals surface area contributed by atoms with E-state index < -0.39 is 0 Å². The summed E-state index contributed by atoms with van der Waals surface area (Å²) in [5.41, 5.74) is 3.26. The number of fused-ring (bicyclic) bond motifs is 1. The van der Waals surface area contributed by atoms with E-state index in [-0.39, 0.29) is 0 Å². The maximum absolute atomic E-state index is 5.27. The van der Waals surface area contributed by atoms with E-state index in [0.717, 1.165) is 32.4 Å². The highest BCUT2D eigenvalue weighted by atomic mass is 79.9. The Labute approximate surface area is 102 Å². The van der Waals surface area contributed by atoms with Gasteiger partial charge < -0.3 is 9.55 Å². The first-order chi connectivity index (χ1) is 7.08. The van der Waals surface area contributed by atoms with Gasteiger partial charge in [-0.2, -0.15) is 0 Å². The number of benzene rings is 1. The van der Waals surface area contributed by atoms with E-state index in [0.29, 0.717) is 0 Å². The van der Waals surface area contributed by atoms with Crippen LogP contribution in [-0.2, 0) is 6.54 Å².